The number of hydrogen-bond acceptors (Lipinski definition) is 3. The molecule has 1 saturated heterocycles. The summed E-state index contributed by atoms with van der Waals surface area (Å²) in [4.78, 5) is 2.59. The van der Waals surface area contributed by atoms with Gasteiger partial charge in [0.1, 0.15) is 0 Å². The summed E-state index contributed by atoms with van der Waals surface area (Å²) < 4.78 is 5.95. The van der Waals surface area contributed by atoms with E-state index in [-0.39, 0.29) is 0 Å². The van der Waals surface area contributed by atoms with Gasteiger partial charge in [0.25, 0.3) is 0 Å². The molecule has 0 aromatic heterocycles. The maximum absolute atomic E-state index is 5.95. The second-order valence-electron chi connectivity index (χ2n) is 7.96. The zero-order chi connectivity index (χ0) is 15.3. The summed E-state index contributed by atoms with van der Waals surface area (Å²) in [6.45, 7) is 10.3. The number of hydrogen-bond donors (Lipinski definition) is 1. The van der Waals surface area contributed by atoms with E-state index >= 15 is 0 Å². The summed E-state index contributed by atoms with van der Waals surface area (Å²) in [6, 6.07) is 1.32. The van der Waals surface area contributed by atoms with E-state index in [1.165, 1.54) is 44.9 Å². The van der Waals surface area contributed by atoms with Crippen molar-refractivity contribution in [3.63, 3.8) is 0 Å². The SMILES string of the molecule is CCCNC1CCC(C)(C)CC1N(C)CC1CCCCO1. The number of nitrogens with zero attached hydrogens (tertiary/aromatic N) is 1. The first-order valence-electron chi connectivity index (χ1n) is 9.07. The highest BCUT2D eigenvalue weighted by Gasteiger charge is 2.37. The Morgan fingerprint density at radius 3 is 2.71 bits per heavy atom. The van der Waals surface area contributed by atoms with Gasteiger partial charge in [0.2, 0.25) is 0 Å². The maximum atomic E-state index is 5.95. The zero-order valence-corrected chi connectivity index (χ0v) is 14.7. The minimum absolute atomic E-state index is 0.459. The number of nitrogens with one attached hydrogen (secondary N) is 1. The second kappa shape index (κ2) is 7.94. The molecule has 1 saturated carbocycles. The lowest BCUT2D eigenvalue weighted by molar-refractivity contribution is -0.0209. The van der Waals surface area contributed by atoms with Gasteiger partial charge >= 0.3 is 0 Å². The van der Waals surface area contributed by atoms with Crippen LogP contribution in [-0.4, -0.2) is 49.8 Å². The first-order chi connectivity index (χ1) is 10.0. The largest absolute Gasteiger partial charge is 0.377 e. The molecule has 1 heterocycles. The first kappa shape index (κ1) is 17.2. The summed E-state index contributed by atoms with van der Waals surface area (Å²) in [5.41, 5.74) is 0.483. The van der Waals surface area contributed by atoms with Gasteiger partial charge in [0.05, 0.1) is 6.10 Å². The third-order valence-electron chi connectivity index (χ3n) is 5.35. The summed E-state index contributed by atoms with van der Waals surface area (Å²) in [7, 11) is 2.31. The normalized spacial score (nSPS) is 33.3. The molecule has 1 N–H and O–H groups in total. The third kappa shape index (κ3) is 5.22. The molecule has 124 valence electrons. The van der Waals surface area contributed by atoms with Gasteiger partial charge in [-0.3, -0.25) is 4.90 Å². The molecule has 0 amide bonds. The third-order valence-corrected chi connectivity index (χ3v) is 5.35. The lowest BCUT2D eigenvalue weighted by Gasteiger charge is -2.46. The van der Waals surface area contributed by atoms with E-state index in [1.807, 2.05) is 0 Å². The van der Waals surface area contributed by atoms with Gasteiger partial charge in [-0.15, -0.1) is 0 Å². The monoisotopic (exact) mass is 296 g/mol. The molecule has 2 aliphatic rings. The Labute approximate surface area is 131 Å². The fourth-order valence-electron chi connectivity index (χ4n) is 3.99. The molecule has 2 fully saturated rings. The Balaban J connectivity index is 1.92. The van der Waals surface area contributed by atoms with Crippen LogP contribution in [0.3, 0.4) is 0 Å². The van der Waals surface area contributed by atoms with Crippen LogP contribution in [0, 0.1) is 5.41 Å². The number of likely N-dealkylation sites (N-methyl/N-ethyl adjacent to an activating group) is 1. The maximum Gasteiger partial charge on any atom is 0.0702 e. The van der Waals surface area contributed by atoms with Crippen LogP contribution in [0.1, 0.15) is 65.7 Å². The summed E-state index contributed by atoms with van der Waals surface area (Å²) >= 11 is 0. The molecule has 2 rings (SSSR count). The predicted molar refractivity (Wildman–Crippen MR) is 89.7 cm³/mol. The van der Waals surface area contributed by atoms with E-state index in [0.29, 0.717) is 23.6 Å². The van der Waals surface area contributed by atoms with Crippen molar-refractivity contribution in [2.24, 2.45) is 5.41 Å². The molecule has 0 spiro atoms. The Bertz CT molecular complexity index is 300. The van der Waals surface area contributed by atoms with Crippen LogP contribution in [0.4, 0.5) is 0 Å². The van der Waals surface area contributed by atoms with Crippen molar-refractivity contribution in [2.75, 3.05) is 26.7 Å². The number of ether oxygens (including phenoxy) is 1. The Hall–Kier alpha value is -0.120. The highest BCUT2D eigenvalue weighted by Crippen LogP contribution is 2.37. The van der Waals surface area contributed by atoms with E-state index in [1.54, 1.807) is 0 Å². The van der Waals surface area contributed by atoms with Crippen LogP contribution < -0.4 is 5.32 Å². The average Bonchev–Trinajstić information content (AvgIpc) is 2.46. The molecular formula is C18H36N2O. The van der Waals surface area contributed by atoms with E-state index in [9.17, 15) is 0 Å². The molecular weight excluding hydrogens is 260 g/mol. The lowest BCUT2D eigenvalue weighted by atomic mass is 9.72. The van der Waals surface area contributed by atoms with Crippen LogP contribution in [-0.2, 0) is 4.74 Å². The summed E-state index contributed by atoms with van der Waals surface area (Å²) in [5, 5.41) is 3.79. The minimum Gasteiger partial charge on any atom is -0.377 e. The van der Waals surface area contributed by atoms with Gasteiger partial charge in [-0.2, -0.15) is 0 Å². The molecule has 1 aliphatic heterocycles. The van der Waals surface area contributed by atoms with Gasteiger partial charge < -0.3 is 10.1 Å². The summed E-state index contributed by atoms with van der Waals surface area (Å²) in [5.74, 6) is 0. The Kier molecular flexibility index (Phi) is 6.51. The van der Waals surface area contributed by atoms with Gasteiger partial charge in [-0.25, -0.2) is 0 Å². The zero-order valence-electron chi connectivity index (χ0n) is 14.7. The van der Waals surface area contributed by atoms with Crippen molar-refractivity contribution in [1.29, 1.82) is 0 Å². The molecule has 0 bridgehead atoms. The van der Waals surface area contributed by atoms with Crippen LogP contribution in [0.2, 0.25) is 0 Å². The van der Waals surface area contributed by atoms with E-state index < -0.39 is 0 Å². The Morgan fingerprint density at radius 2 is 2.05 bits per heavy atom. The lowest BCUT2D eigenvalue weighted by Crippen LogP contribution is -2.55. The topological polar surface area (TPSA) is 24.5 Å². The fourth-order valence-corrected chi connectivity index (χ4v) is 3.99. The number of rotatable bonds is 6. The highest BCUT2D eigenvalue weighted by molar-refractivity contribution is 4.94. The molecule has 3 unspecified atom stereocenters. The summed E-state index contributed by atoms with van der Waals surface area (Å²) in [6.07, 6.45) is 9.48. The van der Waals surface area contributed by atoms with Crippen molar-refractivity contribution in [1.82, 2.24) is 10.2 Å². The van der Waals surface area contributed by atoms with Crippen LogP contribution >= 0.6 is 0 Å². The van der Waals surface area contributed by atoms with Gasteiger partial charge in [0, 0.05) is 25.2 Å². The molecule has 3 nitrogen and oxygen atoms in total. The van der Waals surface area contributed by atoms with Gasteiger partial charge in [-0.05, 0) is 64.0 Å². The first-order valence-corrected chi connectivity index (χ1v) is 9.07. The van der Waals surface area contributed by atoms with Crippen molar-refractivity contribution >= 4 is 0 Å². The molecule has 1 aliphatic carbocycles. The van der Waals surface area contributed by atoms with E-state index in [4.69, 9.17) is 4.74 Å². The van der Waals surface area contributed by atoms with Crippen molar-refractivity contribution in [3.05, 3.63) is 0 Å². The second-order valence-corrected chi connectivity index (χ2v) is 7.96. The van der Waals surface area contributed by atoms with Crippen molar-refractivity contribution < 1.29 is 4.74 Å². The van der Waals surface area contributed by atoms with Gasteiger partial charge in [-0.1, -0.05) is 20.8 Å². The molecule has 0 aromatic rings. The minimum atomic E-state index is 0.459. The molecule has 21 heavy (non-hydrogen) atoms. The predicted octanol–water partition coefficient (Wildman–Crippen LogP) is 3.43. The molecule has 3 atom stereocenters. The van der Waals surface area contributed by atoms with E-state index in [2.05, 4.69) is 38.0 Å². The fraction of sp³-hybridized carbons (Fsp3) is 1.00. The van der Waals surface area contributed by atoms with Gasteiger partial charge in [0.15, 0.2) is 0 Å². The van der Waals surface area contributed by atoms with Crippen molar-refractivity contribution in [2.45, 2.75) is 83.9 Å². The van der Waals surface area contributed by atoms with Crippen LogP contribution in [0.5, 0.6) is 0 Å². The molecule has 3 heteroatoms. The smallest absolute Gasteiger partial charge is 0.0702 e. The quantitative estimate of drug-likeness (QED) is 0.812. The van der Waals surface area contributed by atoms with Crippen LogP contribution in [0.25, 0.3) is 0 Å². The average molecular weight is 296 g/mol. The standard InChI is InChI=1S/C18H36N2O/c1-5-11-19-16-9-10-18(2,3)13-17(16)20(4)14-15-8-6-7-12-21-15/h15-17,19H,5-14H2,1-4H3. The molecule has 0 radical (unpaired) electrons. The van der Waals surface area contributed by atoms with Crippen molar-refractivity contribution in [3.8, 4) is 0 Å². The van der Waals surface area contributed by atoms with E-state index in [0.717, 1.165) is 19.7 Å². The van der Waals surface area contributed by atoms with Crippen LogP contribution in [0.15, 0.2) is 0 Å². The Morgan fingerprint density at radius 1 is 1.24 bits per heavy atom. The highest BCUT2D eigenvalue weighted by atomic mass is 16.5. The molecule has 0 aromatic carbocycles.